The van der Waals surface area contributed by atoms with Crippen molar-refractivity contribution in [2.75, 3.05) is 32.1 Å². The monoisotopic (exact) mass is 434 g/mol. The van der Waals surface area contributed by atoms with Gasteiger partial charge in [0.05, 0.1) is 24.5 Å². The highest BCUT2D eigenvalue weighted by molar-refractivity contribution is 5.94. The van der Waals surface area contributed by atoms with E-state index in [1.54, 1.807) is 11.8 Å². The second-order valence-electron chi connectivity index (χ2n) is 7.98. The van der Waals surface area contributed by atoms with Gasteiger partial charge in [0.25, 0.3) is 0 Å². The number of hydrogen-bond donors (Lipinski definition) is 1. The van der Waals surface area contributed by atoms with Crippen LogP contribution in [0.1, 0.15) is 19.4 Å². The van der Waals surface area contributed by atoms with E-state index in [9.17, 15) is 9.59 Å². The Morgan fingerprint density at radius 1 is 1.09 bits per heavy atom. The summed E-state index contributed by atoms with van der Waals surface area (Å²) in [6, 6.07) is 19.5. The van der Waals surface area contributed by atoms with Crippen molar-refractivity contribution in [3.63, 3.8) is 0 Å². The maximum atomic E-state index is 12.9. The van der Waals surface area contributed by atoms with Gasteiger partial charge in [-0.1, -0.05) is 61.9 Å². The lowest BCUT2D eigenvalue weighted by Crippen LogP contribution is -2.42. The third-order valence-electron chi connectivity index (χ3n) is 5.03. The smallest absolute Gasteiger partial charge is 0.245 e. The summed E-state index contributed by atoms with van der Waals surface area (Å²) >= 11 is 0. The van der Waals surface area contributed by atoms with E-state index in [1.165, 1.54) is 4.90 Å². The number of nitrogens with zero attached hydrogens (tertiary/aromatic N) is 3. The number of rotatable bonds is 9. The largest absolute Gasteiger partial charge is 0.383 e. The first-order valence-electron chi connectivity index (χ1n) is 10.7. The number of aromatic nitrogens is 2. The first kappa shape index (κ1) is 23.2. The number of methoxy groups -OCH3 is 1. The molecule has 32 heavy (non-hydrogen) atoms. The molecule has 0 atom stereocenters. The topological polar surface area (TPSA) is 76.5 Å². The Labute approximate surface area is 189 Å². The second-order valence-corrected chi connectivity index (χ2v) is 7.98. The fraction of sp³-hybridized carbons (Fsp3) is 0.320. The number of hydrogen-bond acceptors (Lipinski definition) is 4. The Morgan fingerprint density at radius 3 is 2.41 bits per heavy atom. The van der Waals surface area contributed by atoms with Crippen LogP contribution in [0.25, 0.3) is 16.9 Å². The lowest BCUT2D eigenvalue weighted by atomic mass is 10.1. The average molecular weight is 435 g/mol. The number of carbonyl (C=O) groups excluding carboxylic acids is 2. The fourth-order valence-electron chi connectivity index (χ4n) is 3.29. The van der Waals surface area contributed by atoms with E-state index in [0.29, 0.717) is 19.0 Å². The summed E-state index contributed by atoms with van der Waals surface area (Å²) in [6.45, 7) is 6.32. The van der Waals surface area contributed by atoms with Crippen molar-refractivity contribution >= 4 is 17.6 Å². The van der Waals surface area contributed by atoms with E-state index < -0.39 is 0 Å². The molecule has 0 fully saturated rings. The van der Waals surface area contributed by atoms with Crippen LogP contribution in [0.2, 0.25) is 0 Å². The third kappa shape index (κ3) is 5.82. The van der Waals surface area contributed by atoms with Crippen LogP contribution in [0.3, 0.4) is 0 Å². The van der Waals surface area contributed by atoms with E-state index in [0.717, 1.165) is 22.5 Å². The lowest BCUT2D eigenvalue weighted by Gasteiger charge is -2.23. The highest BCUT2D eigenvalue weighted by Gasteiger charge is 2.21. The van der Waals surface area contributed by atoms with Gasteiger partial charge in [-0.3, -0.25) is 9.59 Å². The van der Waals surface area contributed by atoms with Crippen LogP contribution in [-0.4, -0.2) is 53.3 Å². The van der Waals surface area contributed by atoms with Gasteiger partial charge in [-0.05, 0) is 19.1 Å². The van der Waals surface area contributed by atoms with Crippen molar-refractivity contribution in [1.29, 1.82) is 0 Å². The van der Waals surface area contributed by atoms with Crippen molar-refractivity contribution in [3.05, 3.63) is 66.2 Å². The Morgan fingerprint density at radius 2 is 1.78 bits per heavy atom. The number of anilines is 1. The number of ether oxygens (including phenoxy) is 1. The zero-order chi connectivity index (χ0) is 23.1. The summed E-state index contributed by atoms with van der Waals surface area (Å²) in [5.41, 5.74) is 3.67. The molecule has 0 radical (unpaired) electrons. The minimum absolute atomic E-state index is 0.0554. The Kier molecular flexibility index (Phi) is 7.78. The Hall–Kier alpha value is -3.45. The van der Waals surface area contributed by atoms with Gasteiger partial charge in [-0.15, -0.1) is 0 Å². The molecule has 3 rings (SSSR count). The SMILES string of the molecule is COCCN(CC(=O)Nc1cc(-c2ccccc2)nn1-c1ccc(C)cc1)C(=O)C(C)C. The Balaban J connectivity index is 1.88. The van der Waals surface area contributed by atoms with Crippen LogP contribution in [0.4, 0.5) is 5.82 Å². The van der Waals surface area contributed by atoms with Gasteiger partial charge < -0.3 is 15.0 Å². The molecular formula is C25H30N4O3. The molecule has 2 aromatic carbocycles. The van der Waals surface area contributed by atoms with E-state index in [-0.39, 0.29) is 24.3 Å². The number of nitrogens with one attached hydrogen (secondary N) is 1. The predicted octanol–water partition coefficient (Wildman–Crippen LogP) is 3.92. The van der Waals surface area contributed by atoms with Crippen molar-refractivity contribution < 1.29 is 14.3 Å². The van der Waals surface area contributed by atoms with E-state index in [1.807, 2.05) is 81.4 Å². The highest BCUT2D eigenvalue weighted by atomic mass is 16.5. The molecule has 7 heteroatoms. The highest BCUT2D eigenvalue weighted by Crippen LogP contribution is 2.25. The molecule has 168 valence electrons. The van der Waals surface area contributed by atoms with E-state index in [4.69, 9.17) is 9.84 Å². The van der Waals surface area contributed by atoms with Crippen LogP contribution >= 0.6 is 0 Å². The quantitative estimate of drug-likeness (QED) is 0.554. The Bertz CT molecular complexity index is 1040. The molecule has 0 aliphatic rings. The maximum Gasteiger partial charge on any atom is 0.245 e. The summed E-state index contributed by atoms with van der Waals surface area (Å²) in [5, 5.41) is 7.67. The first-order chi connectivity index (χ1) is 15.4. The standard InChI is InChI=1S/C25H30N4O3/c1-18(2)25(31)28(14-15-32-4)17-24(30)26-23-16-22(20-8-6-5-7-9-20)27-29(23)21-12-10-19(3)11-13-21/h5-13,16,18H,14-15,17H2,1-4H3,(H,26,30). The zero-order valence-corrected chi connectivity index (χ0v) is 19.0. The van der Waals surface area contributed by atoms with Gasteiger partial charge in [0.15, 0.2) is 0 Å². The molecule has 0 saturated heterocycles. The summed E-state index contributed by atoms with van der Waals surface area (Å²) in [5.74, 6) is -0.0407. The molecule has 0 aliphatic heterocycles. The molecule has 0 saturated carbocycles. The minimum Gasteiger partial charge on any atom is -0.383 e. The average Bonchev–Trinajstić information content (AvgIpc) is 3.20. The van der Waals surface area contributed by atoms with Gasteiger partial charge in [-0.25, -0.2) is 4.68 Å². The molecule has 0 bridgehead atoms. The van der Waals surface area contributed by atoms with Gasteiger partial charge in [-0.2, -0.15) is 5.10 Å². The molecule has 0 spiro atoms. The molecule has 0 unspecified atom stereocenters. The molecule has 1 heterocycles. The number of carbonyl (C=O) groups is 2. The van der Waals surface area contributed by atoms with Gasteiger partial charge in [0.1, 0.15) is 5.82 Å². The normalized spacial score (nSPS) is 10.9. The fourth-order valence-corrected chi connectivity index (χ4v) is 3.29. The zero-order valence-electron chi connectivity index (χ0n) is 19.0. The molecule has 1 N–H and O–H groups in total. The van der Waals surface area contributed by atoms with Gasteiger partial charge in [0, 0.05) is 31.2 Å². The second kappa shape index (κ2) is 10.7. The number of benzene rings is 2. The van der Waals surface area contributed by atoms with Gasteiger partial charge in [0.2, 0.25) is 11.8 Å². The van der Waals surface area contributed by atoms with Crippen molar-refractivity contribution in [1.82, 2.24) is 14.7 Å². The number of amides is 2. The van der Waals surface area contributed by atoms with Crippen molar-refractivity contribution in [3.8, 4) is 16.9 Å². The summed E-state index contributed by atoms with van der Waals surface area (Å²) < 4.78 is 6.81. The predicted molar refractivity (Wildman–Crippen MR) is 126 cm³/mol. The molecule has 7 nitrogen and oxygen atoms in total. The first-order valence-corrected chi connectivity index (χ1v) is 10.7. The molecule has 1 aromatic heterocycles. The summed E-state index contributed by atoms with van der Waals surface area (Å²) in [7, 11) is 1.57. The third-order valence-corrected chi connectivity index (χ3v) is 5.03. The van der Waals surface area contributed by atoms with Crippen LogP contribution in [0.5, 0.6) is 0 Å². The lowest BCUT2D eigenvalue weighted by molar-refractivity contribution is -0.138. The van der Waals surface area contributed by atoms with E-state index in [2.05, 4.69) is 5.32 Å². The summed E-state index contributed by atoms with van der Waals surface area (Å²) in [4.78, 5) is 27.0. The van der Waals surface area contributed by atoms with Crippen molar-refractivity contribution in [2.45, 2.75) is 20.8 Å². The van der Waals surface area contributed by atoms with E-state index >= 15 is 0 Å². The maximum absolute atomic E-state index is 12.9. The van der Waals surface area contributed by atoms with Crippen LogP contribution in [0, 0.1) is 12.8 Å². The molecule has 2 amide bonds. The molecular weight excluding hydrogens is 404 g/mol. The molecule has 0 aliphatic carbocycles. The van der Waals surface area contributed by atoms with Crippen LogP contribution < -0.4 is 5.32 Å². The van der Waals surface area contributed by atoms with Crippen molar-refractivity contribution in [2.24, 2.45) is 5.92 Å². The van der Waals surface area contributed by atoms with Crippen LogP contribution in [-0.2, 0) is 14.3 Å². The summed E-state index contributed by atoms with van der Waals surface area (Å²) in [6.07, 6.45) is 0. The van der Waals surface area contributed by atoms with Gasteiger partial charge >= 0.3 is 0 Å². The number of aryl methyl sites for hydroxylation is 1. The molecule has 3 aromatic rings. The minimum atomic E-state index is -0.289. The van der Waals surface area contributed by atoms with Crippen LogP contribution in [0.15, 0.2) is 60.7 Å².